The van der Waals surface area contributed by atoms with Crippen molar-refractivity contribution >= 4 is 34.3 Å². The SMILES string of the molecule is Cc1ccc(C)c(-n2c(S[C@@H](C)C(=O)Nc3c(C)nn(C)c3C)nc3ccccc3c2=O)c1. The Kier molecular flexibility index (Phi) is 6.12. The van der Waals surface area contributed by atoms with Crippen molar-refractivity contribution in [2.75, 3.05) is 5.32 Å². The third kappa shape index (κ3) is 4.30. The van der Waals surface area contributed by atoms with E-state index in [0.29, 0.717) is 21.7 Å². The summed E-state index contributed by atoms with van der Waals surface area (Å²) in [5.41, 5.74) is 5.59. The lowest BCUT2D eigenvalue weighted by Gasteiger charge is -2.18. The number of benzene rings is 2. The second-order valence-electron chi connectivity index (χ2n) is 8.26. The van der Waals surface area contributed by atoms with Crippen molar-refractivity contribution in [3.05, 3.63) is 75.3 Å². The van der Waals surface area contributed by atoms with Crippen LogP contribution in [0.3, 0.4) is 0 Å². The van der Waals surface area contributed by atoms with Crippen molar-refractivity contribution in [2.45, 2.75) is 45.0 Å². The molecule has 1 atom stereocenters. The number of rotatable bonds is 5. The van der Waals surface area contributed by atoms with Gasteiger partial charge in [-0.15, -0.1) is 0 Å². The number of para-hydroxylation sites is 1. The Morgan fingerprint density at radius 3 is 2.52 bits per heavy atom. The fourth-order valence-electron chi connectivity index (χ4n) is 3.76. The van der Waals surface area contributed by atoms with E-state index in [2.05, 4.69) is 10.4 Å². The van der Waals surface area contributed by atoms with Crippen LogP contribution in [0.4, 0.5) is 5.69 Å². The molecule has 7 nitrogen and oxygen atoms in total. The maximum absolute atomic E-state index is 13.5. The van der Waals surface area contributed by atoms with Crippen molar-refractivity contribution in [1.29, 1.82) is 0 Å². The number of anilines is 1. The van der Waals surface area contributed by atoms with Crippen molar-refractivity contribution in [3.8, 4) is 5.69 Å². The normalized spacial score (nSPS) is 12.2. The average Bonchev–Trinajstić information content (AvgIpc) is 3.02. The zero-order valence-electron chi connectivity index (χ0n) is 19.6. The molecule has 4 aromatic rings. The number of nitrogens with one attached hydrogen (secondary N) is 1. The molecule has 8 heteroatoms. The summed E-state index contributed by atoms with van der Waals surface area (Å²) in [5, 5.41) is 7.89. The number of carbonyl (C=O) groups excluding carboxylic acids is 1. The minimum atomic E-state index is -0.492. The molecule has 0 aliphatic rings. The molecular weight excluding hydrogens is 434 g/mol. The summed E-state index contributed by atoms with van der Waals surface area (Å²) in [6.45, 7) is 9.55. The highest BCUT2D eigenvalue weighted by Crippen LogP contribution is 2.28. The zero-order chi connectivity index (χ0) is 23.9. The van der Waals surface area contributed by atoms with E-state index in [4.69, 9.17) is 4.98 Å². The molecular formula is C25H27N5O2S. The van der Waals surface area contributed by atoms with Crippen molar-refractivity contribution in [1.82, 2.24) is 19.3 Å². The summed E-state index contributed by atoms with van der Waals surface area (Å²) >= 11 is 1.27. The molecule has 0 spiro atoms. The molecule has 0 fully saturated rings. The molecule has 0 bridgehead atoms. The van der Waals surface area contributed by atoms with Crippen LogP contribution in [0.25, 0.3) is 16.6 Å². The van der Waals surface area contributed by atoms with Gasteiger partial charge in [0, 0.05) is 7.05 Å². The molecule has 2 aromatic carbocycles. The highest BCUT2D eigenvalue weighted by atomic mass is 32.2. The molecule has 33 heavy (non-hydrogen) atoms. The lowest BCUT2D eigenvalue weighted by molar-refractivity contribution is -0.115. The molecule has 0 aliphatic heterocycles. The van der Waals surface area contributed by atoms with Crippen LogP contribution in [0.15, 0.2) is 52.4 Å². The van der Waals surface area contributed by atoms with Gasteiger partial charge in [0.05, 0.1) is 38.9 Å². The van der Waals surface area contributed by atoms with Crippen LogP contribution in [0.1, 0.15) is 29.4 Å². The topological polar surface area (TPSA) is 81.8 Å². The predicted molar refractivity (Wildman–Crippen MR) is 133 cm³/mol. The Morgan fingerprint density at radius 1 is 1.09 bits per heavy atom. The molecule has 170 valence electrons. The average molecular weight is 462 g/mol. The first kappa shape index (κ1) is 22.8. The van der Waals surface area contributed by atoms with Gasteiger partial charge in [-0.05, 0) is 63.9 Å². The Morgan fingerprint density at radius 2 is 1.82 bits per heavy atom. The minimum Gasteiger partial charge on any atom is -0.322 e. The van der Waals surface area contributed by atoms with Gasteiger partial charge < -0.3 is 5.32 Å². The third-order valence-electron chi connectivity index (χ3n) is 5.76. The number of nitrogens with zero attached hydrogens (tertiary/aromatic N) is 4. The third-order valence-corrected chi connectivity index (χ3v) is 6.81. The van der Waals surface area contributed by atoms with Crippen LogP contribution in [0.2, 0.25) is 0 Å². The monoisotopic (exact) mass is 461 g/mol. The Balaban J connectivity index is 1.77. The molecule has 0 aliphatic carbocycles. The van der Waals surface area contributed by atoms with E-state index in [-0.39, 0.29) is 11.5 Å². The quantitative estimate of drug-likeness (QED) is 0.350. The lowest BCUT2D eigenvalue weighted by atomic mass is 10.1. The predicted octanol–water partition coefficient (Wildman–Crippen LogP) is 4.47. The van der Waals surface area contributed by atoms with Gasteiger partial charge in [-0.2, -0.15) is 5.10 Å². The number of carbonyl (C=O) groups is 1. The Labute approximate surface area is 196 Å². The summed E-state index contributed by atoms with van der Waals surface area (Å²) in [6.07, 6.45) is 0. The van der Waals surface area contributed by atoms with E-state index in [1.807, 2.05) is 78.1 Å². The lowest BCUT2D eigenvalue weighted by Crippen LogP contribution is -2.27. The number of thioether (sulfide) groups is 1. The van der Waals surface area contributed by atoms with Gasteiger partial charge in [-0.25, -0.2) is 4.98 Å². The van der Waals surface area contributed by atoms with Crippen LogP contribution in [0, 0.1) is 27.7 Å². The second kappa shape index (κ2) is 8.86. The standard InChI is InChI=1S/C25H27N5O2S/c1-14-11-12-15(2)21(13-14)30-24(32)19-9-7-8-10-20(19)26-25(30)33-18(5)23(31)27-22-16(3)28-29(6)17(22)4/h7-13,18H,1-6H3,(H,27,31)/t18-/m0/s1. The summed E-state index contributed by atoms with van der Waals surface area (Å²) in [4.78, 5) is 31.4. The molecule has 0 saturated carbocycles. The highest BCUT2D eigenvalue weighted by molar-refractivity contribution is 8.00. The highest BCUT2D eigenvalue weighted by Gasteiger charge is 2.23. The van der Waals surface area contributed by atoms with E-state index < -0.39 is 5.25 Å². The molecule has 0 saturated heterocycles. The first-order valence-electron chi connectivity index (χ1n) is 10.7. The van der Waals surface area contributed by atoms with E-state index in [1.165, 1.54) is 11.8 Å². The smallest absolute Gasteiger partial charge is 0.266 e. The van der Waals surface area contributed by atoms with Crippen molar-refractivity contribution in [2.24, 2.45) is 7.05 Å². The Hall–Kier alpha value is -3.39. The largest absolute Gasteiger partial charge is 0.322 e. The van der Waals surface area contributed by atoms with Crippen LogP contribution < -0.4 is 10.9 Å². The van der Waals surface area contributed by atoms with Crippen LogP contribution in [-0.2, 0) is 11.8 Å². The van der Waals surface area contributed by atoms with Gasteiger partial charge in [0.15, 0.2) is 5.16 Å². The Bertz CT molecular complexity index is 1440. The van der Waals surface area contributed by atoms with Crippen molar-refractivity contribution in [3.63, 3.8) is 0 Å². The number of amides is 1. The van der Waals surface area contributed by atoms with E-state index >= 15 is 0 Å². The maximum atomic E-state index is 13.5. The van der Waals surface area contributed by atoms with Crippen LogP contribution in [0.5, 0.6) is 0 Å². The maximum Gasteiger partial charge on any atom is 0.266 e. The van der Waals surface area contributed by atoms with Gasteiger partial charge in [0.25, 0.3) is 5.56 Å². The zero-order valence-corrected chi connectivity index (χ0v) is 20.4. The first-order valence-corrected chi connectivity index (χ1v) is 11.6. The fraction of sp³-hybridized carbons (Fsp3) is 0.280. The fourth-order valence-corrected chi connectivity index (χ4v) is 4.68. The van der Waals surface area contributed by atoms with Gasteiger partial charge in [-0.3, -0.25) is 18.8 Å². The van der Waals surface area contributed by atoms with E-state index in [1.54, 1.807) is 15.3 Å². The number of hydrogen-bond acceptors (Lipinski definition) is 5. The molecule has 4 rings (SSSR count). The van der Waals surface area contributed by atoms with Gasteiger partial charge in [0.2, 0.25) is 5.91 Å². The van der Waals surface area contributed by atoms with E-state index in [9.17, 15) is 9.59 Å². The van der Waals surface area contributed by atoms with Crippen LogP contribution >= 0.6 is 11.8 Å². The molecule has 1 N–H and O–H groups in total. The number of fused-ring (bicyclic) bond motifs is 1. The number of hydrogen-bond donors (Lipinski definition) is 1. The molecule has 1 amide bonds. The summed E-state index contributed by atoms with van der Waals surface area (Å²) in [5.74, 6) is -0.172. The molecule has 0 radical (unpaired) electrons. The molecule has 0 unspecified atom stereocenters. The number of aromatic nitrogens is 4. The minimum absolute atomic E-state index is 0.150. The summed E-state index contributed by atoms with van der Waals surface area (Å²) < 4.78 is 3.37. The first-order chi connectivity index (χ1) is 15.7. The van der Waals surface area contributed by atoms with Gasteiger partial charge in [0.1, 0.15) is 0 Å². The van der Waals surface area contributed by atoms with E-state index in [0.717, 1.165) is 28.2 Å². The second-order valence-corrected chi connectivity index (χ2v) is 9.57. The summed E-state index contributed by atoms with van der Waals surface area (Å²) in [7, 11) is 1.85. The molecule has 2 aromatic heterocycles. The van der Waals surface area contributed by atoms with Crippen LogP contribution in [-0.4, -0.2) is 30.5 Å². The molecule has 2 heterocycles. The van der Waals surface area contributed by atoms with Gasteiger partial charge >= 0.3 is 0 Å². The summed E-state index contributed by atoms with van der Waals surface area (Å²) in [6, 6.07) is 13.3. The van der Waals surface area contributed by atoms with Crippen molar-refractivity contribution < 1.29 is 4.79 Å². The van der Waals surface area contributed by atoms with Gasteiger partial charge in [-0.1, -0.05) is 36.0 Å². The number of aryl methyl sites for hydroxylation is 4.